The monoisotopic (exact) mass is 453 g/mol. The molecule has 1 atom stereocenters. The number of carbonyl (C=O) groups is 1. The van der Waals surface area contributed by atoms with Crippen LogP contribution < -0.4 is 9.64 Å². The molecule has 1 amide bonds. The van der Waals surface area contributed by atoms with E-state index in [1.165, 1.54) is 11.1 Å². The summed E-state index contributed by atoms with van der Waals surface area (Å²) in [6, 6.07) is 24.9. The highest BCUT2D eigenvalue weighted by Crippen LogP contribution is 2.37. The van der Waals surface area contributed by atoms with Gasteiger partial charge < -0.3 is 14.2 Å². The number of fused-ring (bicyclic) bond motifs is 1. The van der Waals surface area contributed by atoms with Crippen LogP contribution in [0.5, 0.6) is 5.75 Å². The van der Waals surface area contributed by atoms with Crippen molar-refractivity contribution in [3.8, 4) is 5.75 Å². The van der Waals surface area contributed by atoms with Crippen molar-refractivity contribution >= 4 is 22.6 Å². The number of para-hydroxylation sites is 4. The van der Waals surface area contributed by atoms with Crippen LogP contribution >= 0.6 is 0 Å². The van der Waals surface area contributed by atoms with E-state index in [0.717, 1.165) is 34.8 Å². The molecule has 1 fully saturated rings. The Morgan fingerprint density at radius 3 is 2.50 bits per heavy atom. The fourth-order valence-electron chi connectivity index (χ4n) is 4.83. The zero-order chi connectivity index (χ0) is 23.7. The highest BCUT2D eigenvalue weighted by atomic mass is 16.5. The predicted molar refractivity (Wildman–Crippen MR) is 137 cm³/mol. The highest BCUT2D eigenvalue weighted by Gasteiger charge is 2.36. The molecule has 4 aromatic rings. The summed E-state index contributed by atoms with van der Waals surface area (Å²) >= 11 is 0. The number of imidazole rings is 1. The van der Waals surface area contributed by atoms with Crippen molar-refractivity contribution in [3.05, 3.63) is 89.7 Å². The summed E-state index contributed by atoms with van der Waals surface area (Å²) in [6.07, 6.45) is 0.441. The first-order valence-electron chi connectivity index (χ1n) is 12.1. The molecule has 2 heterocycles. The van der Waals surface area contributed by atoms with Crippen LogP contribution in [0.15, 0.2) is 72.8 Å². The average Bonchev–Trinajstić information content (AvgIpc) is 3.40. The summed E-state index contributed by atoms with van der Waals surface area (Å²) in [6.45, 7) is 8.27. The molecule has 0 aliphatic carbocycles. The second kappa shape index (κ2) is 9.34. The molecule has 1 aliphatic rings. The molecule has 1 aliphatic heterocycles. The van der Waals surface area contributed by atoms with E-state index >= 15 is 0 Å². The minimum atomic E-state index is 0.0181. The number of aromatic nitrogens is 2. The molecule has 1 aromatic heterocycles. The topological polar surface area (TPSA) is 47.4 Å². The first kappa shape index (κ1) is 22.2. The van der Waals surface area contributed by atoms with Crippen LogP contribution in [0.1, 0.15) is 56.0 Å². The van der Waals surface area contributed by atoms with Gasteiger partial charge in [0.05, 0.1) is 23.3 Å². The molecule has 174 valence electrons. The lowest BCUT2D eigenvalue weighted by Crippen LogP contribution is -2.25. The molecule has 0 unspecified atom stereocenters. The average molecular weight is 454 g/mol. The summed E-state index contributed by atoms with van der Waals surface area (Å²) < 4.78 is 8.09. The minimum absolute atomic E-state index is 0.0181. The fourth-order valence-corrected chi connectivity index (χ4v) is 4.83. The molecule has 1 saturated heterocycles. The van der Waals surface area contributed by atoms with Crippen molar-refractivity contribution in [2.45, 2.75) is 45.6 Å². The van der Waals surface area contributed by atoms with Gasteiger partial charge in [-0.05, 0) is 48.2 Å². The zero-order valence-electron chi connectivity index (χ0n) is 20.1. The Labute approximate surface area is 201 Å². The Hall–Kier alpha value is -3.60. The quantitative estimate of drug-likeness (QED) is 0.338. The molecule has 5 nitrogen and oxygen atoms in total. The van der Waals surface area contributed by atoms with E-state index in [1.54, 1.807) is 0 Å². The summed E-state index contributed by atoms with van der Waals surface area (Å²) in [5.74, 6) is 2.35. The Bertz CT molecular complexity index is 1310. The first-order chi connectivity index (χ1) is 16.5. The van der Waals surface area contributed by atoms with Crippen molar-refractivity contribution in [2.24, 2.45) is 0 Å². The summed E-state index contributed by atoms with van der Waals surface area (Å²) in [5, 5.41) is 0. The predicted octanol–water partition coefficient (Wildman–Crippen LogP) is 6.13. The zero-order valence-corrected chi connectivity index (χ0v) is 20.1. The van der Waals surface area contributed by atoms with Crippen molar-refractivity contribution < 1.29 is 9.53 Å². The van der Waals surface area contributed by atoms with Crippen LogP contribution in [0.25, 0.3) is 11.0 Å². The largest absolute Gasteiger partial charge is 0.492 e. The summed E-state index contributed by atoms with van der Waals surface area (Å²) in [5.41, 5.74) is 5.48. The van der Waals surface area contributed by atoms with Gasteiger partial charge in [0, 0.05) is 25.4 Å². The van der Waals surface area contributed by atoms with Gasteiger partial charge in [-0.25, -0.2) is 4.98 Å². The third-order valence-electron chi connectivity index (χ3n) is 6.62. The van der Waals surface area contributed by atoms with Crippen LogP contribution in [0.4, 0.5) is 5.69 Å². The molecule has 0 saturated carbocycles. The number of hydrogen-bond donors (Lipinski definition) is 0. The van der Waals surface area contributed by atoms with E-state index in [1.807, 2.05) is 42.2 Å². The van der Waals surface area contributed by atoms with E-state index in [0.29, 0.717) is 25.5 Å². The second-order valence-electron chi connectivity index (χ2n) is 9.25. The molecule has 34 heavy (non-hydrogen) atoms. The number of nitrogens with zero attached hydrogens (tertiary/aromatic N) is 3. The third-order valence-corrected chi connectivity index (χ3v) is 6.62. The number of ether oxygens (including phenoxy) is 1. The van der Waals surface area contributed by atoms with Crippen LogP contribution in [0, 0.1) is 0 Å². The molecule has 5 rings (SSSR count). The third kappa shape index (κ3) is 4.18. The summed E-state index contributed by atoms with van der Waals surface area (Å²) in [4.78, 5) is 20.0. The van der Waals surface area contributed by atoms with Crippen molar-refractivity contribution in [2.75, 3.05) is 18.1 Å². The van der Waals surface area contributed by atoms with Gasteiger partial charge in [-0.15, -0.1) is 0 Å². The van der Waals surface area contributed by atoms with Gasteiger partial charge in [-0.2, -0.15) is 0 Å². The second-order valence-corrected chi connectivity index (χ2v) is 9.25. The Morgan fingerprint density at radius 1 is 1.00 bits per heavy atom. The van der Waals surface area contributed by atoms with Gasteiger partial charge in [0.15, 0.2) is 0 Å². The van der Waals surface area contributed by atoms with Gasteiger partial charge in [-0.3, -0.25) is 4.79 Å². The van der Waals surface area contributed by atoms with Gasteiger partial charge in [0.2, 0.25) is 5.91 Å². The number of carbonyl (C=O) groups excluding carboxylic acids is 1. The first-order valence-corrected chi connectivity index (χ1v) is 12.1. The summed E-state index contributed by atoms with van der Waals surface area (Å²) in [7, 11) is 0. The van der Waals surface area contributed by atoms with Gasteiger partial charge >= 0.3 is 0 Å². The Morgan fingerprint density at radius 2 is 1.74 bits per heavy atom. The lowest BCUT2D eigenvalue weighted by molar-refractivity contribution is -0.117. The molecular formula is C29H31N3O2. The lowest BCUT2D eigenvalue weighted by atomic mass is 10.0. The van der Waals surface area contributed by atoms with E-state index in [9.17, 15) is 4.79 Å². The van der Waals surface area contributed by atoms with E-state index in [4.69, 9.17) is 9.72 Å². The molecule has 0 spiro atoms. The SMILES string of the molecule is CCOc1ccccc1N1C[C@@H](c2nc3ccccc3n2Cc2ccc(C(C)C)cc2)CC1=O. The van der Waals surface area contributed by atoms with Crippen molar-refractivity contribution in [1.29, 1.82) is 0 Å². The maximum Gasteiger partial charge on any atom is 0.227 e. The van der Waals surface area contributed by atoms with E-state index < -0.39 is 0 Å². The van der Waals surface area contributed by atoms with Gasteiger partial charge in [-0.1, -0.05) is 62.4 Å². The van der Waals surface area contributed by atoms with E-state index in [2.05, 4.69) is 60.9 Å². The molecule has 0 bridgehead atoms. The van der Waals surface area contributed by atoms with Crippen molar-refractivity contribution in [1.82, 2.24) is 9.55 Å². The van der Waals surface area contributed by atoms with Crippen LogP contribution in [-0.4, -0.2) is 28.6 Å². The fraction of sp³-hybridized carbons (Fsp3) is 0.310. The van der Waals surface area contributed by atoms with Crippen LogP contribution in [0.3, 0.4) is 0 Å². The standard InChI is InChI=1S/C29H31N3O2/c1-4-34-27-12-8-7-11-26(27)31-19-23(17-28(31)33)29-30-24-9-5-6-10-25(24)32(29)18-21-13-15-22(16-14-21)20(2)3/h5-16,20,23H,4,17-19H2,1-3H3/t23-/m0/s1. The molecule has 5 heteroatoms. The normalized spacial score (nSPS) is 16.1. The number of benzene rings is 3. The lowest BCUT2D eigenvalue weighted by Gasteiger charge is -2.20. The number of anilines is 1. The van der Waals surface area contributed by atoms with Crippen LogP contribution in [-0.2, 0) is 11.3 Å². The van der Waals surface area contributed by atoms with Crippen LogP contribution in [0.2, 0.25) is 0 Å². The molecule has 3 aromatic carbocycles. The molecule has 0 N–H and O–H groups in total. The highest BCUT2D eigenvalue weighted by molar-refractivity contribution is 5.97. The smallest absolute Gasteiger partial charge is 0.227 e. The number of hydrogen-bond acceptors (Lipinski definition) is 3. The molecular weight excluding hydrogens is 422 g/mol. The van der Waals surface area contributed by atoms with E-state index in [-0.39, 0.29) is 11.8 Å². The minimum Gasteiger partial charge on any atom is -0.492 e. The molecule has 0 radical (unpaired) electrons. The van der Waals surface area contributed by atoms with Crippen molar-refractivity contribution in [3.63, 3.8) is 0 Å². The van der Waals surface area contributed by atoms with Gasteiger partial charge in [0.25, 0.3) is 0 Å². The Balaban J connectivity index is 1.49. The Kier molecular flexibility index (Phi) is 6.10. The maximum atomic E-state index is 13.1. The number of amides is 1. The maximum absolute atomic E-state index is 13.1. The number of rotatable bonds is 7. The van der Waals surface area contributed by atoms with Gasteiger partial charge in [0.1, 0.15) is 11.6 Å².